The van der Waals surface area contributed by atoms with Crippen LogP contribution in [0.2, 0.25) is 18.1 Å². The van der Waals surface area contributed by atoms with Gasteiger partial charge in [-0.05, 0) is 73.4 Å². The third kappa shape index (κ3) is 1.79. The quantitative estimate of drug-likeness (QED) is 0.752. The van der Waals surface area contributed by atoms with Gasteiger partial charge >= 0.3 is 0 Å². The van der Waals surface area contributed by atoms with Crippen LogP contribution in [0.25, 0.3) is 0 Å². The SMILES string of the molecule is CC(C)(C)[Si](C)(C)OC[C@@]12C[C@@]13CC[C@@]1(O)[C@H](O)CC[C@]2(C)C[C@H]13. The van der Waals surface area contributed by atoms with E-state index >= 15 is 0 Å². The summed E-state index contributed by atoms with van der Waals surface area (Å²) in [5.41, 5.74) is -0.0933. The molecule has 4 rings (SSSR count). The lowest BCUT2D eigenvalue weighted by Crippen LogP contribution is -2.46. The molecule has 0 aromatic carbocycles. The predicted octanol–water partition coefficient (Wildman–Crippen LogP) is 4.09. The fourth-order valence-electron chi connectivity index (χ4n) is 6.70. The Kier molecular flexibility index (Phi) is 3.28. The van der Waals surface area contributed by atoms with Crippen LogP contribution in [-0.4, -0.2) is 36.8 Å². The van der Waals surface area contributed by atoms with Crippen LogP contribution in [0, 0.1) is 22.2 Å². The molecule has 0 saturated heterocycles. The average molecular weight is 353 g/mol. The number of hydrogen-bond acceptors (Lipinski definition) is 3. The van der Waals surface area contributed by atoms with Crippen molar-refractivity contribution in [2.75, 3.05) is 6.61 Å². The molecule has 0 aromatic rings. The number of hydrogen-bond donors (Lipinski definition) is 2. The summed E-state index contributed by atoms with van der Waals surface area (Å²) >= 11 is 0. The minimum absolute atomic E-state index is 0.228. The van der Waals surface area contributed by atoms with Crippen molar-refractivity contribution >= 4 is 8.32 Å². The summed E-state index contributed by atoms with van der Waals surface area (Å²) in [5.74, 6) is 0.288. The first-order valence-corrected chi connectivity index (χ1v) is 12.8. The number of aliphatic hydroxyl groups is 2. The van der Waals surface area contributed by atoms with E-state index in [0.717, 1.165) is 38.7 Å². The van der Waals surface area contributed by atoms with Crippen molar-refractivity contribution < 1.29 is 14.6 Å². The molecule has 0 unspecified atom stereocenters. The zero-order valence-electron chi connectivity index (χ0n) is 16.4. The van der Waals surface area contributed by atoms with Crippen molar-refractivity contribution in [1.29, 1.82) is 0 Å². The maximum absolute atomic E-state index is 11.3. The Hall–Kier alpha value is 0.0969. The topological polar surface area (TPSA) is 49.7 Å². The Balaban J connectivity index is 1.64. The van der Waals surface area contributed by atoms with Crippen LogP contribution in [0.3, 0.4) is 0 Å². The molecule has 138 valence electrons. The summed E-state index contributed by atoms with van der Waals surface area (Å²) in [4.78, 5) is 0. The van der Waals surface area contributed by atoms with Crippen LogP contribution in [0.5, 0.6) is 0 Å². The van der Waals surface area contributed by atoms with Gasteiger partial charge in [0.25, 0.3) is 0 Å². The Bertz CT molecular complexity index is 570. The highest BCUT2D eigenvalue weighted by atomic mass is 28.4. The minimum atomic E-state index is -1.76. The van der Waals surface area contributed by atoms with E-state index in [1.165, 1.54) is 6.42 Å². The van der Waals surface area contributed by atoms with Gasteiger partial charge in [0.1, 0.15) is 0 Å². The van der Waals surface area contributed by atoms with Gasteiger partial charge < -0.3 is 14.6 Å². The van der Waals surface area contributed by atoms with Crippen molar-refractivity contribution in [3.8, 4) is 0 Å². The van der Waals surface area contributed by atoms with Gasteiger partial charge in [-0.1, -0.05) is 27.7 Å². The molecule has 2 N–H and O–H groups in total. The molecule has 0 aromatic heterocycles. The first-order chi connectivity index (χ1) is 10.8. The van der Waals surface area contributed by atoms with E-state index in [1.807, 2.05) is 0 Å². The Morgan fingerprint density at radius 3 is 2.46 bits per heavy atom. The van der Waals surface area contributed by atoms with E-state index in [4.69, 9.17) is 4.43 Å². The highest BCUT2D eigenvalue weighted by Gasteiger charge is 2.86. The summed E-state index contributed by atoms with van der Waals surface area (Å²) in [6.45, 7) is 14.9. The lowest BCUT2D eigenvalue weighted by molar-refractivity contribution is -0.105. The van der Waals surface area contributed by atoms with Crippen molar-refractivity contribution in [3.05, 3.63) is 0 Å². The van der Waals surface area contributed by atoms with Crippen LogP contribution in [0.1, 0.15) is 66.2 Å². The lowest BCUT2D eigenvalue weighted by atomic mass is 9.71. The molecule has 1 spiro atoms. The Labute approximate surface area is 148 Å². The van der Waals surface area contributed by atoms with Crippen LogP contribution < -0.4 is 0 Å². The van der Waals surface area contributed by atoms with E-state index in [1.54, 1.807) is 0 Å². The van der Waals surface area contributed by atoms with Crippen LogP contribution in [-0.2, 0) is 4.43 Å². The Morgan fingerprint density at radius 2 is 1.83 bits per heavy atom. The third-order valence-corrected chi connectivity index (χ3v) is 14.0. The molecule has 4 fully saturated rings. The van der Waals surface area contributed by atoms with Gasteiger partial charge in [-0.2, -0.15) is 0 Å². The second-order valence-corrected chi connectivity index (χ2v) is 16.1. The molecule has 0 amide bonds. The zero-order chi connectivity index (χ0) is 17.8. The molecule has 4 aliphatic carbocycles. The van der Waals surface area contributed by atoms with E-state index in [9.17, 15) is 10.2 Å². The number of fused-ring (bicyclic) bond motifs is 2. The minimum Gasteiger partial charge on any atom is -0.416 e. The van der Waals surface area contributed by atoms with Gasteiger partial charge in [-0.25, -0.2) is 0 Å². The first kappa shape index (κ1) is 17.5. The van der Waals surface area contributed by atoms with Crippen molar-refractivity contribution in [2.24, 2.45) is 22.2 Å². The lowest BCUT2D eigenvalue weighted by Gasteiger charge is -2.42. The molecule has 0 heterocycles. The fourth-order valence-corrected chi connectivity index (χ4v) is 7.74. The van der Waals surface area contributed by atoms with Gasteiger partial charge in [0, 0.05) is 12.0 Å². The van der Waals surface area contributed by atoms with E-state index in [2.05, 4.69) is 40.8 Å². The smallest absolute Gasteiger partial charge is 0.192 e. The Morgan fingerprint density at radius 1 is 1.17 bits per heavy atom. The molecule has 3 nitrogen and oxygen atoms in total. The van der Waals surface area contributed by atoms with Crippen molar-refractivity contribution in [3.63, 3.8) is 0 Å². The van der Waals surface area contributed by atoms with Gasteiger partial charge in [-0.15, -0.1) is 0 Å². The normalized spacial score (nSPS) is 53.0. The van der Waals surface area contributed by atoms with E-state index in [-0.39, 0.29) is 27.2 Å². The summed E-state index contributed by atoms with van der Waals surface area (Å²) < 4.78 is 6.74. The van der Waals surface area contributed by atoms with Crippen LogP contribution in [0.15, 0.2) is 0 Å². The summed E-state index contributed by atoms with van der Waals surface area (Å²) in [6.07, 6.45) is 5.44. The molecule has 6 atom stereocenters. The first-order valence-electron chi connectivity index (χ1n) is 9.88. The maximum Gasteiger partial charge on any atom is 0.192 e. The van der Waals surface area contributed by atoms with Gasteiger partial charge in [0.05, 0.1) is 11.7 Å². The largest absolute Gasteiger partial charge is 0.416 e. The molecule has 4 saturated carbocycles. The highest BCUT2D eigenvalue weighted by molar-refractivity contribution is 6.74. The summed E-state index contributed by atoms with van der Waals surface area (Å²) in [7, 11) is -1.76. The molecular formula is C20H36O3Si. The van der Waals surface area contributed by atoms with E-state index in [0.29, 0.717) is 0 Å². The zero-order valence-corrected chi connectivity index (χ0v) is 17.4. The second-order valence-electron chi connectivity index (χ2n) is 11.3. The van der Waals surface area contributed by atoms with Gasteiger partial charge in [0.15, 0.2) is 8.32 Å². The van der Waals surface area contributed by atoms with E-state index < -0.39 is 20.0 Å². The number of rotatable bonds is 3. The second kappa shape index (κ2) is 4.49. The van der Waals surface area contributed by atoms with Gasteiger partial charge in [0.2, 0.25) is 0 Å². The monoisotopic (exact) mass is 352 g/mol. The molecule has 4 heteroatoms. The average Bonchev–Trinajstić information content (AvgIpc) is 3.00. The predicted molar refractivity (Wildman–Crippen MR) is 98.3 cm³/mol. The van der Waals surface area contributed by atoms with Gasteiger partial charge in [-0.3, -0.25) is 0 Å². The van der Waals surface area contributed by atoms with Crippen LogP contribution >= 0.6 is 0 Å². The maximum atomic E-state index is 11.3. The highest BCUT2D eigenvalue weighted by Crippen LogP contribution is 2.89. The number of aliphatic hydroxyl groups excluding tert-OH is 1. The summed E-state index contributed by atoms with van der Waals surface area (Å²) in [5, 5.41) is 22.1. The molecule has 0 aliphatic heterocycles. The molecule has 0 radical (unpaired) electrons. The van der Waals surface area contributed by atoms with Crippen LogP contribution in [0.4, 0.5) is 0 Å². The molecule has 24 heavy (non-hydrogen) atoms. The molecule has 2 bridgehead atoms. The van der Waals surface area contributed by atoms with Crippen molar-refractivity contribution in [2.45, 2.75) is 96.1 Å². The standard InChI is InChI=1S/C20H36O3Si/c1-16(2,3)24(5,6)23-13-19-12-18(19)9-10-20(22)14(18)11-17(19,4)8-7-15(20)21/h14-15,21-22H,7-13H2,1-6H3/t14-,15+,17+,18+,19+,20-/m0/s1. The molecule has 4 aliphatic rings. The van der Waals surface area contributed by atoms with Crippen molar-refractivity contribution in [1.82, 2.24) is 0 Å². The summed E-state index contributed by atoms with van der Waals surface area (Å²) in [6, 6.07) is 0. The molecular weight excluding hydrogens is 316 g/mol. The third-order valence-electron chi connectivity index (χ3n) is 9.53. The fraction of sp³-hybridized carbons (Fsp3) is 1.00.